The first-order valence-electron chi connectivity index (χ1n) is 8.12. The topological polar surface area (TPSA) is 84.7 Å². The molecule has 0 amide bonds. The number of hydrogen-bond acceptors (Lipinski definition) is 4. The van der Waals surface area contributed by atoms with Crippen LogP contribution in [0.5, 0.6) is 0 Å². The predicted octanol–water partition coefficient (Wildman–Crippen LogP) is 0.982. The maximum atomic E-state index is 12.2. The third kappa shape index (κ3) is 5.17. The zero-order valence-corrected chi connectivity index (χ0v) is 13.8. The molecule has 21 heavy (non-hydrogen) atoms. The molecular formula is C14H29N3O3S. The molecule has 0 aromatic heterocycles. The van der Waals surface area contributed by atoms with Crippen molar-refractivity contribution in [1.29, 1.82) is 0 Å². The van der Waals surface area contributed by atoms with Gasteiger partial charge in [-0.3, -0.25) is 0 Å². The average Bonchev–Trinajstić information content (AvgIpc) is 2.46. The average molecular weight is 319 g/mol. The summed E-state index contributed by atoms with van der Waals surface area (Å²) in [6.45, 7) is 3.37. The molecule has 1 saturated carbocycles. The van der Waals surface area contributed by atoms with Crippen LogP contribution in [0.15, 0.2) is 0 Å². The van der Waals surface area contributed by atoms with Crippen LogP contribution < -0.4 is 10.5 Å². The van der Waals surface area contributed by atoms with Crippen LogP contribution in [0.25, 0.3) is 0 Å². The maximum Gasteiger partial charge on any atom is 0.279 e. The molecule has 1 aliphatic heterocycles. The van der Waals surface area contributed by atoms with Gasteiger partial charge in [0.25, 0.3) is 10.2 Å². The zero-order valence-electron chi connectivity index (χ0n) is 13.0. The van der Waals surface area contributed by atoms with Crippen LogP contribution >= 0.6 is 0 Å². The molecule has 1 saturated heterocycles. The molecule has 124 valence electrons. The molecule has 0 spiro atoms. The van der Waals surface area contributed by atoms with Crippen LogP contribution in [0.2, 0.25) is 0 Å². The van der Waals surface area contributed by atoms with Crippen LogP contribution in [-0.2, 0) is 14.9 Å². The van der Waals surface area contributed by atoms with E-state index >= 15 is 0 Å². The van der Waals surface area contributed by atoms with Crippen molar-refractivity contribution in [2.75, 3.05) is 19.7 Å². The Morgan fingerprint density at radius 2 is 1.90 bits per heavy atom. The molecule has 0 aromatic carbocycles. The van der Waals surface area contributed by atoms with Crippen molar-refractivity contribution in [3.8, 4) is 0 Å². The molecule has 2 aliphatic rings. The van der Waals surface area contributed by atoms with Crippen LogP contribution in [0.1, 0.15) is 51.9 Å². The van der Waals surface area contributed by atoms with Gasteiger partial charge in [0.2, 0.25) is 0 Å². The Morgan fingerprint density at radius 1 is 1.19 bits per heavy atom. The minimum absolute atomic E-state index is 0.0944. The zero-order chi connectivity index (χ0) is 15.3. The quantitative estimate of drug-likeness (QED) is 0.715. The third-order valence-electron chi connectivity index (χ3n) is 4.51. The fraction of sp³-hybridized carbons (Fsp3) is 1.00. The Labute approximate surface area is 128 Å². The van der Waals surface area contributed by atoms with Crippen molar-refractivity contribution in [3.63, 3.8) is 0 Å². The van der Waals surface area contributed by atoms with Gasteiger partial charge in [-0.15, -0.1) is 0 Å². The highest BCUT2D eigenvalue weighted by Gasteiger charge is 2.29. The van der Waals surface area contributed by atoms with Gasteiger partial charge in [0, 0.05) is 25.2 Å². The molecule has 1 atom stereocenters. The van der Waals surface area contributed by atoms with E-state index in [2.05, 4.69) is 4.72 Å². The predicted molar refractivity (Wildman–Crippen MR) is 83.1 cm³/mol. The highest BCUT2D eigenvalue weighted by molar-refractivity contribution is 7.87. The summed E-state index contributed by atoms with van der Waals surface area (Å²) in [5.41, 5.74) is 5.85. The van der Waals surface area contributed by atoms with Crippen molar-refractivity contribution < 1.29 is 13.2 Å². The Balaban J connectivity index is 1.67. The van der Waals surface area contributed by atoms with E-state index in [9.17, 15) is 8.42 Å². The largest absolute Gasteiger partial charge is 0.377 e. The SMILES string of the molecule is CC1CCCCN1S(=O)(=O)NCCOC1CCC(N)CC1. The van der Waals surface area contributed by atoms with Crippen LogP contribution in [0, 0.1) is 0 Å². The Hall–Kier alpha value is -0.210. The summed E-state index contributed by atoms with van der Waals surface area (Å²) in [4.78, 5) is 0. The van der Waals surface area contributed by atoms with Crippen LogP contribution in [-0.4, -0.2) is 50.6 Å². The lowest BCUT2D eigenvalue weighted by Gasteiger charge is -2.32. The van der Waals surface area contributed by atoms with E-state index < -0.39 is 10.2 Å². The highest BCUT2D eigenvalue weighted by atomic mass is 32.2. The van der Waals surface area contributed by atoms with Gasteiger partial charge < -0.3 is 10.5 Å². The first-order valence-corrected chi connectivity index (χ1v) is 9.56. The smallest absolute Gasteiger partial charge is 0.279 e. The van der Waals surface area contributed by atoms with E-state index in [1.165, 1.54) is 0 Å². The second-order valence-corrected chi connectivity index (χ2v) is 7.97. The molecule has 7 heteroatoms. The molecule has 6 nitrogen and oxygen atoms in total. The summed E-state index contributed by atoms with van der Waals surface area (Å²) in [5, 5.41) is 0. The Morgan fingerprint density at radius 3 is 2.57 bits per heavy atom. The van der Waals surface area contributed by atoms with Gasteiger partial charge in [-0.1, -0.05) is 6.42 Å². The molecule has 0 bridgehead atoms. The molecule has 3 N–H and O–H groups in total. The van der Waals surface area contributed by atoms with E-state index in [1.54, 1.807) is 4.31 Å². The summed E-state index contributed by atoms with van der Waals surface area (Å²) >= 11 is 0. The minimum atomic E-state index is -3.36. The van der Waals surface area contributed by atoms with E-state index in [0.29, 0.717) is 25.7 Å². The molecule has 1 unspecified atom stereocenters. The standard InChI is InChI=1S/C14H29N3O3S/c1-12-4-2-3-10-17(12)21(18,19)16-9-11-20-14-7-5-13(15)6-8-14/h12-14,16H,2-11,15H2,1H3. The van der Waals surface area contributed by atoms with E-state index in [-0.39, 0.29) is 12.1 Å². The number of ether oxygens (including phenoxy) is 1. The number of nitrogens with one attached hydrogen (secondary N) is 1. The second kappa shape index (κ2) is 7.87. The fourth-order valence-electron chi connectivity index (χ4n) is 3.16. The highest BCUT2D eigenvalue weighted by Crippen LogP contribution is 2.20. The van der Waals surface area contributed by atoms with Crippen molar-refractivity contribution in [2.45, 2.75) is 70.1 Å². The van der Waals surface area contributed by atoms with Crippen molar-refractivity contribution in [2.24, 2.45) is 5.73 Å². The third-order valence-corrected chi connectivity index (χ3v) is 6.24. The van der Waals surface area contributed by atoms with Crippen LogP contribution in [0.4, 0.5) is 0 Å². The lowest BCUT2D eigenvalue weighted by atomic mass is 9.94. The molecule has 2 fully saturated rings. The van der Waals surface area contributed by atoms with Crippen LogP contribution in [0.3, 0.4) is 0 Å². The first-order chi connectivity index (χ1) is 9.99. The normalized spacial score (nSPS) is 32.2. The number of piperidine rings is 1. The van der Waals surface area contributed by atoms with Crippen molar-refractivity contribution >= 4 is 10.2 Å². The Bertz CT molecular complexity index is 408. The number of nitrogens with two attached hydrogens (primary N) is 1. The molecule has 1 aliphatic carbocycles. The number of rotatable bonds is 6. The maximum absolute atomic E-state index is 12.2. The van der Waals surface area contributed by atoms with E-state index in [1.807, 2.05) is 6.92 Å². The van der Waals surface area contributed by atoms with E-state index in [0.717, 1.165) is 44.9 Å². The van der Waals surface area contributed by atoms with E-state index in [4.69, 9.17) is 10.5 Å². The summed E-state index contributed by atoms with van der Waals surface area (Å²) in [5.74, 6) is 0. The minimum Gasteiger partial charge on any atom is -0.377 e. The summed E-state index contributed by atoms with van der Waals surface area (Å²) in [7, 11) is -3.36. The number of nitrogens with zero attached hydrogens (tertiary/aromatic N) is 1. The van der Waals surface area contributed by atoms with Gasteiger partial charge in [-0.2, -0.15) is 17.4 Å². The van der Waals surface area contributed by atoms with Crippen molar-refractivity contribution in [1.82, 2.24) is 9.03 Å². The van der Waals surface area contributed by atoms with Gasteiger partial charge in [0.1, 0.15) is 0 Å². The lowest BCUT2D eigenvalue weighted by Crippen LogP contribution is -2.48. The molecule has 1 heterocycles. The van der Waals surface area contributed by atoms with Gasteiger partial charge in [-0.05, 0) is 45.4 Å². The van der Waals surface area contributed by atoms with Gasteiger partial charge in [0.05, 0.1) is 12.7 Å². The van der Waals surface area contributed by atoms with Crippen molar-refractivity contribution in [3.05, 3.63) is 0 Å². The molecule has 2 rings (SSSR count). The molecular weight excluding hydrogens is 290 g/mol. The van der Waals surface area contributed by atoms with Gasteiger partial charge in [-0.25, -0.2) is 0 Å². The lowest BCUT2D eigenvalue weighted by molar-refractivity contribution is 0.0285. The monoisotopic (exact) mass is 319 g/mol. The fourth-order valence-corrected chi connectivity index (χ4v) is 4.62. The van der Waals surface area contributed by atoms with Gasteiger partial charge >= 0.3 is 0 Å². The molecule has 0 radical (unpaired) electrons. The first kappa shape index (κ1) is 17.1. The number of hydrogen-bond donors (Lipinski definition) is 2. The summed E-state index contributed by atoms with van der Waals surface area (Å²) < 4.78 is 34.4. The second-order valence-electron chi connectivity index (χ2n) is 6.26. The Kier molecular flexibility index (Phi) is 6.43. The summed E-state index contributed by atoms with van der Waals surface area (Å²) in [6, 6.07) is 0.404. The molecule has 0 aromatic rings. The summed E-state index contributed by atoms with van der Waals surface area (Å²) in [6.07, 6.45) is 7.21. The van der Waals surface area contributed by atoms with Gasteiger partial charge in [0.15, 0.2) is 0 Å².